The Balaban J connectivity index is 2.75. The van der Waals surface area contributed by atoms with Crippen LogP contribution in [0.1, 0.15) is 6.42 Å². The molecule has 0 saturated heterocycles. The van der Waals surface area contributed by atoms with Gasteiger partial charge in [-0.3, -0.25) is 0 Å². The number of alkyl halides is 4. The molecule has 2 aliphatic rings. The normalized spacial score (nSPS) is 53.6. The van der Waals surface area contributed by atoms with Gasteiger partial charge in [-0.05, 0) is 6.42 Å². The minimum Gasteiger partial charge on any atom is -0.394 e. The molecule has 17 heavy (non-hydrogen) atoms. The van der Waals surface area contributed by atoms with Crippen LogP contribution in [0.2, 0.25) is 0 Å². The number of aliphatic hydroxyl groups excluding tert-OH is 2. The summed E-state index contributed by atoms with van der Waals surface area (Å²) in [7, 11) is 0. The van der Waals surface area contributed by atoms with Crippen LogP contribution >= 0.6 is 69.6 Å². The first-order chi connectivity index (χ1) is 7.64. The van der Waals surface area contributed by atoms with Gasteiger partial charge in [0.25, 0.3) is 0 Å². The minimum absolute atomic E-state index is 0.0505. The van der Waals surface area contributed by atoms with E-state index in [1.807, 2.05) is 0 Å². The van der Waals surface area contributed by atoms with E-state index in [0.717, 1.165) is 0 Å². The summed E-state index contributed by atoms with van der Waals surface area (Å²) in [6.45, 7) is -1.17. The Morgan fingerprint density at radius 2 is 1.12 bits per heavy atom. The van der Waals surface area contributed by atoms with Gasteiger partial charge < -0.3 is 10.2 Å². The van der Waals surface area contributed by atoms with E-state index < -0.39 is 32.7 Å². The van der Waals surface area contributed by atoms with Crippen molar-refractivity contribution in [2.45, 2.75) is 25.9 Å². The van der Waals surface area contributed by atoms with Gasteiger partial charge in [0, 0.05) is 0 Å². The van der Waals surface area contributed by atoms with Gasteiger partial charge in [0.05, 0.1) is 23.3 Å². The minimum atomic E-state index is -1.59. The molecule has 2 N–H and O–H groups in total. The molecule has 2 rings (SSSR count). The van der Waals surface area contributed by atoms with Gasteiger partial charge in [0.15, 0.2) is 0 Å². The molecule has 0 aliphatic heterocycles. The van der Waals surface area contributed by atoms with Gasteiger partial charge in [-0.15, -0.1) is 46.4 Å². The lowest BCUT2D eigenvalue weighted by molar-refractivity contribution is 0.154. The van der Waals surface area contributed by atoms with Gasteiger partial charge >= 0.3 is 0 Å². The number of rotatable bonds is 2. The molecule has 0 aromatic rings. The van der Waals surface area contributed by atoms with E-state index in [-0.39, 0.29) is 16.5 Å². The number of aliphatic hydroxyl groups is 2. The third-order valence-electron chi connectivity index (χ3n) is 3.70. The zero-order valence-corrected chi connectivity index (χ0v) is 12.8. The molecule has 0 aromatic carbocycles. The maximum Gasteiger partial charge on any atom is 0.115 e. The third-order valence-corrected chi connectivity index (χ3v) is 8.12. The Morgan fingerprint density at radius 3 is 1.35 bits per heavy atom. The summed E-state index contributed by atoms with van der Waals surface area (Å²) in [4.78, 5) is -5.94. The Labute approximate surface area is 128 Å². The summed E-state index contributed by atoms with van der Waals surface area (Å²) in [5, 5.41) is 19.2. The monoisotopic (exact) mass is 358 g/mol. The van der Waals surface area contributed by atoms with Crippen molar-refractivity contribution in [2.75, 3.05) is 13.2 Å². The van der Waals surface area contributed by atoms with Crippen LogP contribution in [0.25, 0.3) is 0 Å². The van der Waals surface area contributed by atoms with Gasteiger partial charge in [-0.2, -0.15) is 0 Å². The van der Waals surface area contributed by atoms with E-state index in [4.69, 9.17) is 69.6 Å². The number of hydrogen-bond acceptors (Lipinski definition) is 2. The van der Waals surface area contributed by atoms with E-state index in [1.165, 1.54) is 0 Å². The fraction of sp³-hybridized carbons (Fsp3) is 0.778. The van der Waals surface area contributed by atoms with Crippen molar-refractivity contribution < 1.29 is 10.2 Å². The van der Waals surface area contributed by atoms with Crippen molar-refractivity contribution in [3.05, 3.63) is 10.1 Å². The zero-order valence-electron chi connectivity index (χ0n) is 8.28. The van der Waals surface area contributed by atoms with E-state index >= 15 is 0 Å². The molecule has 0 heterocycles. The Hall–Kier alpha value is 1.40. The van der Waals surface area contributed by atoms with E-state index in [2.05, 4.69) is 0 Å². The quantitative estimate of drug-likeness (QED) is 0.743. The van der Waals surface area contributed by atoms with Crippen molar-refractivity contribution in [2.24, 2.45) is 0 Å². The van der Waals surface area contributed by atoms with Crippen LogP contribution in [0.5, 0.6) is 0 Å². The standard InChI is InChI=1S/C9H8Cl6O2/c10-4-5(11)7(13)1-6(4,12)8(14,2-16)9(7,15)3-17/h16-17H,1-3H2. The van der Waals surface area contributed by atoms with Crippen molar-refractivity contribution in [3.8, 4) is 0 Å². The molecule has 2 aliphatic carbocycles. The highest BCUT2D eigenvalue weighted by Crippen LogP contribution is 2.74. The largest absolute Gasteiger partial charge is 0.394 e. The topological polar surface area (TPSA) is 40.5 Å². The molecule has 4 unspecified atom stereocenters. The highest BCUT2D eigenvalue weighted by molar-refractivity contribution is 6.57. The Morgan fingerprint density at radius 1 is 0.824 bits per heavy atom. The smallest absolute Gasteiger partial charge is 0.115 e. The van der Waals surface area contributed by atoms with Gasteiger partial charge in [0.2, 0.25) is 0 Å². The summed E-state index contributed by atoms with van der Waals surface area (Å²) in [6, 6.07) is 0. The van der Waals surface area contributed by atoms with Crippen LogP contribution in [-0.4, -0.2) is 42.9 Å². The molecular formula is C9H8Cl6O2. The summed E-state index contributed by atoms with van der Waals surface area (Å²) in [6.07, 6.45) is 0.0505. The lowest BCUT2D eigenvalue weighted by atomic mass is 9.81. The zero-order chi connectivity index (χ0) is 13.3. The first-order valence-corrected chi connectivity index (χ1v) is 6.95. The molecular weight excluding hydrogens is 353 g/mol. The summed E-state index contributed by atoms with van der Waals surface area (Å²) in [5.41, 5.74) is 0. The van der Waals surface area contributed by atoms with E-state index in [1.54, 1.807) is 0 Å². The molecule has 1 saturated carbocycles. The Bertz CT molecular complexity index is 378. The van der Waals surface area contributed by atoms with Crippen LogP contribution in [0, 0.1) is 0 Å². The molecule has 0 spiro atoms. The first kappa shape index (κ1) is 14.8. The van der Waals surface area contributed by atoms with Crippen LogP contribution in [0.3, 0.4) is 0 Å². The van der Waals surface area contributed by atoms with Crippen molar-refractivity contribution >= 4 is 69.6 Å². The highest BCUT2D eigenvalue weighted by atomic mass is 35.5. The van der Waals surface area contributed by atoms with Crippen LogP contribution in [0.15, 0.2) is 10.1 Å². The molecule has 0 aromatic heterocycles. The summed E-state index contributed by atoms with van der Waals surface area (Å²) >= 11 is 37.4. The Kier molecular flexibility index (Phi) is 3.44. The maximum absolute atomic E-state index is 9.50. The maximum atomic E-state index is 9.50. The summed E-state index contributed by atoms with van der Waals surface area (Å²) < 4.78 is 0. The summed E-state index contributed by atoms with van der Waals surface area (Å²) in [5.74, 6) is 0. The predicted molar refractivity (Wildman–Crippen MR) is 71.9 cm³/mol. The average Bonchev–Trinajstić information content (AvgIpc) is 2.57. The second kappa shape index (κ2) is 3.95. The molecule has 4 atom stereocenters. The van der Waals surface area contributed by atoms with E-state index in [0.29, 0.717) is 0 Å². The number of hydrogen-bond donors (Lipinski definition) is 2. The van der Waals surface area contributed by atoms with Gasteiger partial charge in [-0.25, -0.2) is 0 Å². The number of allylic oxidation sites excluding steroid dienone is 2. The highest BCUT2D eigenvalue weighted by Gasteiger charge is 2.82. The first-order valence-electron chi connectivity index (χ1n) is 4.68. The lowest BCUT2D eigenvalue weighted by Crippen LogP contribution is -2.64. The second-order valence-electron chi connectivity index (χ2n) is 4.33. The van der Waals surface area contributed by atoms with Crippen molar-refractivity contribution in [1.82, 2.24) is 0 Å². The molecule has 2 nitrogen and oxygen atoms in total. The van der Waals surface area contributed by atoms with Crippen LogP contribution < -0.4 is 0 Å². The second-order valence-corrected chi connectivity index (χ2v) is 7.66. The molecule has 8 heteroatoms. The SMILES string of the molecule is OCC1(Cl)C2(Cl)CC(Cl)(C(Cl)=C2Cl)C1(Cl)CO. The number of fused-ring (bicyclic) bond motifs is 2. The molecule has 1 fully saturated rings. The van der Waals surface area contributed by atoms with Crippen LogP contribution in [-0.2, 0) is 0 Å². The molecule has 0 amide bonds. The third kappa shape index (κ3) is 1.30. The lowest BCUT2D eigenvalue weighted by Gasteiger charge is -2.48. The van der Waals surface area contributed by atoms with Gasteiger partial charge in [0.1, 0.15) is 19.5 Å². The average molecular weight is 361 g/mol. The van der Waals surface area contributed by atoms with Gasteiger partial charge in [-0.1, -0.05) is 23.2 Å². The number of halogens is 6. The van der Waals surface area contributed by atoms with Crippen LogP contribution in [0.4, 0.5) is 0 Å². The molecule has 98 valence electrons. The van der Waals surface area contributed by atoms with Crippen molar-refractivity contribution in [3.63, 3.8) is 0 Å². The fourth-order valence-corrected chi connectivity index (χ4v) is 5.53. The molecule has 2 bridgehead atoms. The van der Waals surface area contributed by atoms with E-state index in [9.17, 15) is 10.2 Å². The molecule has 0 radical (unpaired) electrons. The van der Waals surface area contributed by atoms with Crippen molar-refractivity contribution in [1.29, 1.82) is 0 Å². The predicted octanol–water partition coefficient (Wildman–Crippen LogP) is 2.99. The fourth-order valence-electron chi connectivity index (χ4n) is 2.60.